The zero-order valence-corrected chi connectivity index (χ0v) is 32.3. The van der Waals surface area contributed by atoms with Crippen LogP contribution in [0.15, 0.2) is 180 Å². The number of hydrogen-bond donors (Lipinski definition) is 2. The highest BCUT2D eigenvalue weighted by Gasteiger charge is 2.44. The van der Waals surface area contributed by atoms with Crippen molar-refractivity contribution in [2.24, 2.45) is 4.99 Å². The van der Waals surface area contributed by atoms with E-state index in [1.165, 1.54) is 77.2 Å². The molecule has 12 rings (SSSR count). The molecule has 5 nitrogen and oxygen atoms in total. The number of allylic oxidation sites excluding steroid dienone is 3. The van der Waals surface area contributed by atoms with Gasteiger partial charge in [0, 0.05) is 39.3 Å². The van der Waals surface area contributed by atoms with Crippen molar-refractivity contribution < 1.29 is 5.32 Å². The van der Waals surface area contributed by atoms with Crippen molar-refractivity contribution in [1.29, 1.82) is 0 Å². The molecule has 1 aromatic heterocycles. The molecule has 0 radical (unpaired) electrons. The average molecular weight is 751 g/mol. The standard InChI is InChI=1S/C53H43N5/c1-3-16-35(17-4-1)51-54-52(36-18-5-2-6-19-36)56-53(55-51)50-40-20-8-7-15-34(40)28-30-48(50)58-47-26-14-11-23-43(47)44-32-38-31-39(29-27-37(38)33-49(44)58)57-45-24-12-9-21-41(45)42-22-10-13-25-46(42)57/h1,3-5,7-29,31,33,44,48,52-53,56H,2,6,30,32H2,(H,54,55)/p+1. The number of aromatic nitrogens is 1. The highest BCUT2D eigenvalue weighted by atomic mass is 15.3. The first-order valence-corrected chi connectivity index (χ1v) is 20.9. The van der Waals surface area contributed by atoms with Crippen molar-refractivity contribution in [2.75, 3.05) is 4.90 Å². The summed E-state index contributed by atoms with van der Waals surface area (Å²) in [4.78, 5) is 8.08. The second kappa shape index (κ2) is 13.6. The van der Waals surface area contributed by atoms with Gasteiger partial charge in [0.15, 0.2) is 6.17 Å². The van der Waals surface area contributed by atoms with Gasteiger partial charge in [-0.15, -0.1) is 0 Å². The summed E-state index contributed by atoms with van der Waals surface area (Å²) in [6.45, 7) is 0. The Morgan fingerprint density at radius 3 is 2.29 bits per heavy atom. The van der Waals surface area contributed by atoms with Crippen LogP contribution >= 0.6 is 0 Å². The van der Waals surface area contributed by atoms with Gasteiger partial charge >= 0.3 is 0 Å². The number of nitrogens with one attached hydrogen (secondary N) is 1. The Kier molecular flexibility index (Phi) is 7.85. The lowest BCUT2D eigenvalue weighted by Crippen LogP contribution is -2.99. The van der Waals surface area contributed by atoms with Gasteiger partial charge in [-0.05, 0) is 107 Å². The van der Waals surface area contributed by atoms with Crippen LogP contribution in [0.4, 0.5) is 5.69 Å². The van der Waals surface area contributed by atoms with Crippen LogP contribution in [-0.2, 0) is 6.42 Å². The maximum atomic E-state index is 5.37. The van der Waals surface area contributed by atoms with E-state index in [2.05, 4.69) is 196 Å². The third kappa shape index (κ3) is 5.34. The Hall–Kier alpha value is -6.53. The van der Waals surface area contributed by atoms with Gasteiger partial charge in [0.2, 0.25) is 5.84 Å². The molecule has 4 atom stereocenters. The summed E-state index contributed by atoms with van der Waals surface area (Å²) in [5.74, 6) is 1.32. The minimum atomic E-state index is -0.129. The van der Waals surface area contributed by atoms with E-state index in [0.29, 0.717) is 0 Å². The molecule has 280 valence electrons. The lowest BCUT2D eigenvalue weighted by molar-refractivity contribution is -0.576. The highest BCUT2D eigenvalue weighted by Crippen LogP contribution is 2.51. The largest absolute Gasteiger partial charge is 0.336 e. The smallest absolute Gasteiger partial charge is 0.230 e. The Morgan fingerprint density at radius 1 is 0.707 bits per heavy atom. The molecular formula is C53H44N5+. The second-order valence-electron chi connectivity index (χ2n) is 16.3. The zero-order chi connectivity index (χ0) is 38.2. The average Bonchev–Trinajstić information content (AvgIpc) is 3.80. The summed E-state index contributed by atoms with van der Waals surface area (Å²) < 4.78 is 2.45. The summed E-state index contributed by atoms with van der Waals surface area (Å²) in [5, 5.41) is 11.7. The van der Waals surface area contributed by atoms with E-state index in [9.17, 15) is 0 Å². The van der Waals surface area contributed by atoms with Gasteiger partial charge in [-0.3, -0.25) is 5.32 Å². The minimum Gasteiger partial charge on any atom is -0.336 e. The quantitative estimate of drug-likeness (QED) is 0.186. The van der Waals surface area contributed by atoms with E-state index in [4.69, 9.17) is 4.99 Å². The maximum absolute atomic E-state index is 5.37. The molecule has 7 aromatic rings. The van der Waals surface area contributed by atoms with Crippen LogP contribution < -0.4 is 26.0 Å². The van der Waals surface area contributed by atoms with Gasteiger partial charge in [0.25, 0.3) is 0 Å². The summed E-state index contributed by atoms with van der Waals surface area (Å²) in [7, 11) is 0. The van der Waals surface area contributed by atoms with Crippen LogP contribution in [0.1, 0.15) is 47.4 Å². The molecule has 0 saturated heterocycles. The van der Waals surface area contributed by atoms with Crippen LogP contribution in [0, 0.1) is 0 Å². The number of amidine groups is 1. The van der Waals surface area contributed by atoms with Crippen molar-refractivity contribution in [3.63, 3.8) is 0 Å². The molecule has 58 heavy (non-hydrogen) atoms. The number of quaternary nitrogens is 1. The molecule has 3 heterocycles. The summed E-state index contributed by atoms with van der Waals surface area (Å²) >= 11 is 0. The van der Waals surface area contributed by atoms with Crippen molar-refractivity contribution in [2.45, 2.75) is 50.0 Å². The molecule has 0 amide bonds. The zero-order valence-electron chi connectivity index (χ0n) is 32.3. The van der Waals surface area contributed by atoms with Crippen molar-refractivity contribution in [3.05, 3.63) is 208 Å². The SMILES string of the molecule is C1=CC(C2N=C(c3ccccc3)[NH2+]C(C3=c4ccccc4=CCC3N3C4=Cc5ccc(-n6c7ccccc7c7ccccc76)cc5CC4c4ccccc43)N2)=CCC1. The molecule has 6 aromatic carbocycles. The number of benzene rings is 6. The molecule has 0 saturated carbocycles. The first-order chi connectivity index (χ1) is 28.8. The second-order valence-corrected chi connectivity index (χ2v) is 16.3. The van der Waals surface area contributed by atoms with E-state index in [1.807, 2.05) is 0 Å². The molecule has 0 spiro atoms. The van der Waals surface area contributed by atoms with Gasteiger partial charge in [-0.2, -0.15) is 0 Å². The number of fused-ring (bicyclic) bond motifs is 8. The lowest BCUT2D eigenvalue weighted by atomic mass is 9.83. The Bertz CT molecular complexity index is 3000. The molecule has 3 N–H and O–H groups in total. The van der Waals surface area contributed by atoms with E-state index in [-0.39, 0.29) is 24.3 Å². The monoisotopic (exact) mass is 750 g/mol. The predicted molar refractivity (Wildman–Crippen MR) is 238 cm³/mol. The third-order valence-electron chi connectivity index (χ3n) is 13.1. The minimum absolute atomic E-state index is 0.0229. The number of hydrogen-bond acceptors (Lipinski definition) is 3. The van der Waals surface area contributed by atoms with E-state index in [0.717, 1.165) is 37.1 Å². The number of para-hydroxylation sites is 3. The fraction of sp³-hybridized carbons (Fsp3) is 0.151. The highest BCUT2D eigenvalue weighted by molar-refractivity contribution is 6.09. The van der Waals surface area contributed by atoms with E-state index in [1.54, 1.807) is 0 Å². The molecule has 5 heteroatoms. The number of anilines is 1. The molecular weight excluding hydrogens is 707 g/mol. The van der Waals surface area contributed by atoms with Crippen molar-refractivity contribution in [3.8, 4) is 5.69 Å². The Morgan fingerprint density at radius 2 is 1.47 bits per heavy atom. The Balaban J connectivity index is 0.991. The van der Waals surface area contributed by atoms with E-state index >= 15 is 0 Å². The number of rotatable bonds is 5. The summed E-state index contributed by atoms with van der Waals surface area (Å²) in [6.07, 6.45) is 15.8. The predicted octanol–water partition coefficient (Wildman–Crippen LogP) is 8.23. The fourth-order valence-electron chi connectivity index (χ4n) is 10.5. The molecule has 3 aliphatic carbocycles. The number of nitrogens with two attached hydrogens (primary N) is 1. The van der Waals surface area contributed by atoms with Gasteiger partial charge in [-0.25, -0.2) is 10.3 Å². The van der Waals surface area contributed by atoms with Crippen molar-refractivity contribution >= 4 is 51.1 Å². The van der Waals surface area contributed by atoms with Gasteiger partial charge in [0.1, 0.15) is 6.17 Å². The molecule has 4 unspecified atom stereocenters. The first kappa shape index (κ1) is 33.6. The topological polar surface area (TPSA) is 49.2 Å². The maximum Gasteiger partial charge on any atom is 0.230 e. The van der Waals surface area contributed by atoms with Crippen LogP contribution in [-0.4, -0.2) is 28.8 Å². The first-order valence-electron chi connectivity index (χ1n) is 20.9. The van der Waals surface area contributed by atoms with Crippen LogP contribution in [0.25, 0.3) is 45.2 Å². The third-order valence-corrected chi connectivity index (χ3v) is 13.1. The van der Waals surface area contributed by atoms with Gasteiger partial charge < -0.3 is 9.47 Å². The Labute approximate surface area is 338 Å². The van der Waals surface area contributed by atoms with Crippen LogP contribution in [0.3, 0.4) is 0 Å². The molecule has 5 aliphatic rings. The molecule has 0 bridgehead atoms. The number of nitrogens with zero attached hydrogens (tertiary/aromatic N) is 3. The van der Waals surface area contributed by atoms with Crippen LogP contribution in [0.2, 0.25) is 0 Å². The summed E-state index contributed by atoms with van der Waals surface area (Å²) in [6, 6.07) is 53.8. The van der Waals surface area contributed by atoms with E-state index < -0.39 is 0 Å². The van der Waals surface area contributed by atoms with Crippen molar-refractivity contribution in [1.82, 2.24) is 9.88 Å². The molecule has 2 aliphatic heterocycles. The van der Waals surface area contributed by atoms with Crippen LogP contribution in [0.5, 0.6) is 0 Å². The van der Waals surface area contributed by atoms with Gasteiger partial charge in [-0.1, -0.05) is 127 Å². The fourth-order valence-corrected chi connectivity index (χ4v) is 10.5. The number of aliphatic imine (C=N–C) groups is 1. The van der Waals surface area contributed by atoms with Gasteiger partial charge in [0.05, 0.1) is 22.6 Å². The summed E-state index contributed by atoms with van der Waals surface area (Å²) in [5.41, 5.74) is 14.4. The normalized spacial score (nSPS) is 22.0. The lowest BCUT2D eigenvalue weighted by Gasteiger charge is -2.40. The molecule has 0 fully saturated rings.